The maximum atomic E-state index is 8.92. The first-order valence-corrected chi connectivity index (χ1v) is 8.34. The van der Waals surface area contributed by atoms with Crippen LogP contribution in [0.2, 0.25) is 0 Å². The predicted octanol–water partition coefficient (Wildman–Crippen LogP) is 2.84. The Morgan fingerprint density at radius 1 is 1.31 bits per heavy atom. The van der Waals surface area contributed by atoms with E-state index in [4.69, 9.17) is 10.00 Å². The van der Waals surface area contributed by atoms with Gasteiger partial charge in [0, 0.05) is 25.1 Å². The van der Waals surface area contributed by atoms with Crippen molar-refractivity contribution in [3.05, 3.63) is 60.3 Å². The number of aromatic nitrogens is 3. The zero-order valence-electron chi connectivity index (χ0n) is 14.4. The molecule has 1 aliphatic rings. The Labute approximate surface area is 151 Å². The lowest BCUT2D eigenvalue weighted by molar-refractivity contribution is 0.306. The molecule has 26 heavy (non-hydrogen) atoms. The number of fused-ring (bicyclic) bond motifs is 1. The fourth-order valence-electron chi connectivity index (χ4n) is 2.99. The topological polar surface area (TPSA) is 81.1 Å². The molecule has 1 aliphatic heterocycles. The van der Waals surface area contributed by atoms with E-state index in [1.54, 1.807) is 18.6 Å². The summed E-state index contributed by atoms with van der Waals surface area (Å²) in [7, 11) is 1.96. The van der Waals surface area contributed by atoms with Crippen molar-refractivity contribution in [3.8, 4) is 11.8 Å². The van der Waals surface area contributed by atoms with Crippen LogP contribution in [-0.4, -0.2) is 35.2 Å². The van der Waals surface area contributed by atoms with Crippen LogP contribution < -0.4 is 14.5 Å². The molecule has 0 radical (unpaired) electrons. The summed E-state index contributed by atoms with van der Waals surface area (Å²) in [6, 6.07) is 11.8. The molecule has 0 bridgehead atoms. The van der Waals surface area contributed by atoms with Crippen LogP contribution in [0, 0.1) is 11.3 Å². The van der Waals surface area contributed by atoms with Gasteiger partial charge in [-0.25, -0.2) is 9.97 Å². The number of benzene rings is 1. The van der Waals surface area contributed by atoms with Crippen LogP contribution in [0.3, 0.4) is 0 Å². The number of pyridine rings is 1. The van der Waals surface area contributed by atoms with Gasteiger partial charge in [0.25, 0.3) is 0 Å². The molecule has 7 heteroatoms. The molecule has 1 aromatic carbocycles. The second-order valence-electron chi connectivity index (χ2n) is 6.06. The number of nitrogens with zero attached hydrogens (tertiary/aromatic N) is 5. The third-order valence-corrected chi connectivity index (χ3v) is 4.42. The second-order valence-corrected chi connectivity index (χ2v) is 6.06. The van der Waals surface area contributed by atoms with Gasteiger partial charge in [0.15, 0.2) is 0 Å². The highest BCUT2D eigenvalue weighted by atomic mass is 16.5. The fourth-order valence-corrected chi connectivity index (χ4v) is 2.99. The molecule has 0 amide bonds. The fraction of sp³-hybridized carbons (Fsp3) is 0.211. The Hall–Kier alpha value is -3.53. The van der Waals surface area contributed by atoms with Crippen molar-refractivity contribution in [2.75, 3.05) is 30.0 Å². The molecule has 0 fully saturated rings. The summed E-state index contributed by atoms with van der Waals surface area (Å²) in [5, 5.41) is 8.92. The van der Waals surface area contributed by atoms with Crippen LogP contribution in [0.5, 0.6) is 5.75 Å². The molecule has 7 nitrogen and oxygen atoms in total. The second kappa shape index (κ2) is 6.76. The highest BCUT2D eigenvalue weighted by Gasteiger charge is 2.20. The largest absolute Gasteiger partial charge is 0.490 e. The lowest BCUT2D eigenvalue weighted by atomic mass is 10.2. The normalized spacial score (nSPS) is 12.8. The third-order valence-electron chi connectivity index (χ3n) is 4.42. The van der Waals surface area contributed by atoms with E-state index in [1.165, 1.54) is 0 Å². The minimum absolute atomic E-state index is 0.547. The monoisotopic (exact) mass is 346 g/mol. The Bertz CT molecular complexity index is 930. The SMILES string of the molecule is CN(c1ccc2c(c1)N(Cc1c[nH]cn1)CCO2)c1ccc(C#N)cn1. The molecule has 0 saturated carbocycles. The molecule has 3 heterocycles. The van der Waals surface area contributed by atoms with E-state index in [9.17, 15) is 0 Å². The molecular formula is C19H18N6O. The van der Waals surface area contributed by atoms with Crippen molar-refractivity contribution in [1.82, 2.24) is 15.0 Å². The predicted molar refractivity (Wildman–Crippen MR) is 98.6 cm³/mol. The Morgan fingerprint density at radius 3 is 2.96 bits per heavy atom. The molecule has 0 atom stereocenters. The standard InChI is InChI=1S/C19H18N6O/c1-24(19-5-2-14(9-20)10-22-19)16-3-4-18-17(8-16)25(6-7-26-18)12-15-11-21-13-23-15/h2-5,8,10-11,13H,6-7,12H2,1H3,(H,21,23). The van der Waals surface area contributed by atoms with Crippen LogP contribution in [-0.2, 0) is 6.54 Å². The van der Waals surface area contributed by atoms with Crippen molar-refractivity contribution < 1.29 is 4.74 Å². The highest BCUT2D eigenvalue weighted by Crippen LogP contribution is 2.37. The van der Waals surface area contributed by atoms with Gasteiger partial charge in [-0.05, 0) is 30.3 Å². The number of rotatable bonds is 4. The summed E-state index contributed by atoms with van der Waals surface area (Å²) in [5.41, 5.74) is 3.58. The van der Waals surface area contributed by atoms with Crippen LogP contribution >= 0.6 is 0 Å². The summed E-state index contributed by atoms with van der Waals surface area (Å²) in [5.74, 6) is 1.65. The maximum Gasteiger partial charge on any atom is 0.142 e. The number of ether oxygens (including phenoxy) is 1. The highest BCUT2D eigenvalue weighted by molar-refractivity contribution is 5.71. The molecule has 4 rings (SSSR count). The van der Waals surface area contributed by atoms with Gasteiger partial charge in [0.2, 0.25) is 0 Å². The zero-order valence-corrected chi connectivity index (χ0v) is 14.4. The molecule has 3 aromatic rings. The molecular weight excluding hydrogens is 328 g/mol. The number of H-pyrrole nitrogens is 1. The number of aromatic amines is 1. The van der Waals surface area contributed by atoms with Gasteiger partial charge >= 0.3 is 0 Å². The summed E-state index contributed by atoms with van der Waals surface area (Å²) < 4.78 is 5.80. The zero-order chi connectivity index (χ0) is 17.9. The molecule has 2 aromatic heterocycles. The van der Waals surface area contributed by atoms with Crippen molar-refractivity contribution in [1.29, 1.82) is 5.26 Å². The molecule has 0 saturated heterocycles. The van der Waals surface area contributed by atoms with E-state index in [0.717, 1.165) is 41.7 Å². The molecule has 0 spiro atoms. The summed E-state index contributed by atoms with van der Waals surface area (Å²) in [6.07, 6.45) is 5.18. The molecule has 130 valence electrons. The van der Waals surface area contributed by atoms with Crippen LogP contribution in [0.1, 0.15) is 11.3 Å². The van der Waals surface area contributed by atoms with Crippen molar-refractivity contribution in [2.45, 2.75) is 6.54 Å². The smallest absolute Gasteiger partial charge is 0.142 e. The number of nitrogens with one attached hydrogen (secondary N) is 1. The van der Waals surface area contributed by atoms with Gasteiger partial charge in [0.1, 0.15) is 24.2 Å². The number of hydrogen-bond acceptors (Lipinski definition) is 6. The number of hydrogen-bond donors (Lipinski definition) is 1. The Morgan fingerprint density at radius 2 is 2.23 bits per heavy atom. The average molecular weight is 346 g/mol. The average Bonchev–Trinajstić information content (AvgIpc) is 3.20. The van der Waals surface area contributed by atoms with E-state index < -0.39 is 0 Å². The van der Waals surface area contributed by atoms with E-state index in [0.29, 0.717) is 12.2 Å². The first-order chi connectivity index (χ1) is 12.7. The molecule has 0 unspecified atom stereocenters. The van der Waals surface area contributed by atoms with Gasteiger partial charge in [-0.2, -0.15) is 5.26 Å². The third kappa shape index (κ3) is 3.05. The number of nitriles is 1. The van der Waals surface area contributed by atoms with E-state index >= 15 is 0 Å². The van der Waals surface area contributed by atoms with Crippen molar-refractivity contribution in [3.63, 3.8) is 0 Å². The summed E-state index contributed by atoms with van der Waals surface area (Å²) in [4.78, 5) is 15.9. The van der Waals surface area contributed by atoms with Crippen LogP contribution in [0.25, 0.3) is 0 Å². The van der Waals surface area contributed by atoms with E-state index in [2.05, 4.69) is 32.0 Å². The lowest BCUT2D eigenvalue weighted by Gasteiger charge is -2.32. The summed E-state index contributed by atoms with van der Waals surface area (Å²) in [6.45, 7) is 2.19. The minimum Gasteiger partial charge on any atom is -0.490 e. The molecule has 1 N–H and O–H groups in total. The lowest BCUT2D eigenvalue weighted by Crippen LogP contribution is -2.32. The van der Waals surface area contributed by atoms with Crippen molar-refractivity contribution in [2.24, 2.45) is 0 Å². The Balaban J connectivity index is 1.63. The van der Waals surface area contributed by atoms with Gasteiger partial charge in [-0.15, -0.1) is 0 Å². The van der Waals surface area contributed by atoms with Gasteiger partial charge in [0.05, 0.1) is 36.4 Å². The first-order valence-electron chi connectivity index (χ1n) is 8.34. The first kappa shape index (κ1) is 16.0. The minimum atomic E-state index is 0.547. The van der Waals surface area contributed by atoms with Crippen molar-refractivity contribution >= 4 is 17.2 Å². The maximum absolute atomic E-state index is 8.92. The van der Waals surface area contributed by atoms with Gasteiger partial charge in [-0.1, -0.05) is 0 Å². The van der Waals surface area contributed by atoms with Crippen LogP contribution in [0.15, 0.2) is 49.1 Å². The number of imidazole rings is 1. The van der Waals surface area contributed by atoms with Crippen LogP contribution in [0.4, 0.5) is 17.2 Å². The number of anilines is 3. The molecule has 0 aliphatic carbocycles. The van der Waals surface area contributed by atoms with Gasteiger partial charge in [-0.3, -0.25) is 0 Å². The van der Waals surface area contributed by atoms with Gasteiger partial charge < -0.3 is 19.5 Å². The van der Waals surface area contributed by atoms with E-state index in [-0.39, 0.29) is 0 Å². The summed E-state index contributed by atoms with van der Waals surface area (Å²) >= 11 is 0. The Kier molecular flexibility index (Phi) is 4.15. The van der Waals surface area contributed by atoms with E-state index in [1.807, 2.05) is 36.3 Å². The quantitative estimate of drug-likeness (QED) is 0.782.